The molecule has 4 nitrogen and oxygen atoms in total. The van der Waals surface area contributed by atoms with Gasteiger partial charge in [0.05, 0.1) is 18.7 Å². The van der Waals surface area contributed by atoms with Gasteiger partial charge in [0.15, 0.2) is 5.82 Å². The molecule has 0 saturated carbocycles. The average molecular weight is 279 g/mol. The Hall–Kier alpha value is -2.33. The smallest absolute Gasteiger partial charge is 0.153 e. The first-order chi connectivity index (χ1) is 10.3. The number of aromatic nitrogens is 2. The highest BCUT2D eigenvalue weighted by Gasteiger charge is 2.22. The zero-order valence-electron chi connectivity index (χ0n) is 11.7. The monoisotopic (exact) mass is 279 g/mol. The molecule has 3 aromatic rings. The van der Waals surface area contributed by atoms with Gasteiger partial charge in [-0.2, -0.15) is 5.10 Å². The lowest BCUT2D eigenvalue weighted by Crippen LogP contribution is -2.21. The summed E-state index contributed by atoms with van der Waals surface area (Å²) in [4.78, 5) is 0. The molecule has 2 heterocycles. The Balaban J connectivity index is 1.73. The lowest BCUT2D eigenvalue weighted by atomic mass is 9.97. The van der Waals surface area contributed by atoms with Crippen LogP contribution in [0.2, 0.25) is 0 Å². The van der Waals surface area contributed by atoms with E-state index in [9.17, 15) is 0 Å². The third-order valence-corrected chi connectivity index (χ3v) is 4.12. The van der Waals surface area contributed by atoms with Crippen molar-refractivity contribution in [1.29, 1.82) is 0 Å². The summed E-state index contributed by atoms with van der Waals surface area (Å²) in [5.41, 5.74) is 9.70. The summed E-state index contributed by atoms with van der Waals surface area (Å²) in [6, 6.07) is 16.5. The van der Waals surface area contributed by atoms with E-state index in [0.29, 0.717) is 12.4 Å². The SMILES string of the molecule is Nc1nn(CC2OCCc3ccccc32)c2ccccc12. The molecule has 1 aromatic heterocycles. The molecule has 21 heavy (non-hydrogen) atoms. The summed E-state index contributed by atoms with van der Waals surface area (Å²) < 4.78 is 7.92. The van der Waals surface area contributed by atoms with E-state index in [-0.39, 0.29) is 6.10 Å². The molecule has 2 N–H and O–H groups in total. The number of hydrogen-bond donors (Lipinski definition) is 1. The molecule has 0 spiro atoms. The van der Waals surface area contributed by atoms with Crippen molar-refractivity contribution in [2.24, 2.45) is 0 Å². The molecule has 1 unspecified atom stereocenters. The topological polar surface area (TPSA) is 53.1 Å². The standard InChI is InChI=1S/C17H17N3O/c18-17-14-7-3-4-8-15(14)20(19-17)11-16-13-6-2-1-5-12(13)9-10-21-16/h1-8,16H,9-11H2,(H2,18,19). The summed E-state index contributed by atoms with van der Waals surface area (Å²) in [7, 11) is 0. The first-order valence-electron chi connectivity index (χ1n) is 7.23. The number of ether oxygens (including phenoxy) is 1. The molecule has 1 aliphatic rings. The van der Waals surface area contributed by atoms with Gasteiger partial charge in [0, 0.05) is 5.39 Å². The lowest BCUT2D eigenvalue weighted by Gasteiger charge is -2.26. The summed E-state index contributed by atoms with van der Waals surface area (Å²) in [6.07, 6.45) is 1.02. The van der Waals surface area contributed by atoms with E-state index >= 15 is 0 Å². The van der Waals surface area contributed by atoms with E-state index in [1.165, 1.54) is 11.1 Å². The second-order valence-corrected chi connectivity index (χ2v) is 5.39. The predicted octanol–water partition coefficient (Wildman–Crippen LogP) is 2.93. The van der Waals surface area contributed by atoms with Gasteiger partial charge in [-0.05, 0) is 29.7 Å². The fourth-order valence-corrected chi connectivity index (χ4v) is 3.08. The van der Waals surface area contributed by atoms with Crippen LogP contribution in [0.5, 0.6) is 0 Å². The minimum atomic E-state index is 0.0395. The Kier molecular flexibility index (Phi) is 2.89. The Morgan fingerprint density at radius 2 is 1.95 bits per heavy atom. The molecule has 106 valence electrons. The number of nitrogens with zero attached hydrogens (tertiary/aromatic N) is 2. The molecular formula is C17H17N3O. The van der Waals surface area contributed by atoms with Gasteiger partial charge in [-0.15, -0.1) is 0 Å². The summed E-state index contributed by atoms with van der Waals surface area (Å²) in [5, 5.41) is 5.47. The van der Waals surface area contributed by atoms with Gasteiger partial charge in [0.1, 0.15) is 6.10 Å². The second-order valence-electron chi connectivity index (χ2n) is 5.39. The molecule has 0 fully saturated rings. The number of hydrogen-bond acceptors (Lipinski definition) is 3. The Morgan fingerprint density at radius 1 is 1.14 bits per heavy atom. The van der Waals surface area contributed by atoms with Crippen LogP contribution in [0.15, 0.2) is 48.5 Å². The number of nitrogen functional groups attached to an aromatic ring is 1. The number of rotatable bonds is 2. The first-order valence-corrected chi connectivity index (χ1v) is 7.23. The maximum absolute atomic E-state index is 6.00. The van der Waals surface area contributed by atoms with Crippen LogP contribution in [0.25, 0.3) is 10.9 Å². The Labute approximate surface area is 123 Å². The molecule has 0 aliphatic carbocycles. The lowest BCUT2D eigenvalue weighted by molar-refractivity contribution is 0.0292. The average Bonchev–Trinajstić information content (AvgIpc) is 2.85. The Morgan fingerprint density at radius 3 is 2.90 bits per heavy atom. The maximum atomic E-state index is 6.00. The molecular weight excluding hydrogens is 262 g/mol. The number of benzene rings is 2. The van der Waals surface area contributed by atoms with Crippen molar-refractivity contribution in [2.75, 3.05) is 12.3 Å². The van der Waals surface area contributed by atoms with Gasteiger partial charge in [0.25, 0.3) is 0 Å². The van der Waals surface area contributed by atoms with Crippen LogP contribution < -0.4 is 5.73 Å². The largest absolute Gasteiger partial charge is 0.382 e. The van der Waals surface area contributed by atoms with E-state index in [1.807, 2.05) is 28.9 Å². The van der Waals surface area contributed by atoms with E-state index in [1.54, 1.807) is 0 Å². The molecule has 0 saturated heterocycles. The quantitative estimate of drug-likeness (QED) is 0.784. The van der Waals surface area contributed by atoms with E-state index in [2.05, 4.69) is 29.4 Å². The summed E-state index contributed by atoms with van der Waals surface area (Å²) in [6.45, 7) is 1.45. The zero-order valence-corrected chi connectivity index (χ0v) is 11.7. The van der Waals surface area contributed by atoms with Gasteiger partial charge in [-0.1, -0.05) is 36.4 Å². The normalized spacial score (nSPS) is 17.8. The summed E-state index contributed by atoms with van der Waals surface area (Å²) in [5.74, 6) is 0.578. The molecule has 1 aliphatic heterocycles. The number of para-hydroxylation sites is 1. The van der Waals surface area contributed by atoms with Crippen molar-refractivity contribution in [2.45, 2.75) is 19.1 Å². The molecule has 0 amide bonds. The number of anilines is 1. The highest BCUT2D eigenvalue weighted by atomic mass is 16.5. The number of fused-ring (bicyclic) bond motifs is 2. The first kappa shape index (κ1) is 12.4. The van der Waals surface area contributed by atoms with Crippen LogP contribution in [-0.2, 0) is 17.7 Å². The number of nitrogens with two attached hydrogens (primary N) is 1. The highest BCUT2D eigenvalue weighted by molar-refractivity contribution is 5.88. The molecule has 4 rings (SSSR count). The molecule has 1 atom stereocenters. The fraction of sp³-hybridized carbons (Fsp3) is 0.235. The van der Waals surface area contributed by atoms with Crippen molar-refractivity contribution in [3.8, 4) is 0 Å². The van der Waals surface area contributed by atoms with Crippen molar-refractivity contribution >= 4 is 16.7 Å². The van der Waals surface area contributed by atoms with Gasteiger partial charge in [-0.25, -0.2) is 0 Å². The van der Waals surface area contributed by atoms with Crippen molar-refractivity contribution < 1.29 is 4.74 Å². The van der Waals surface area contributed by atoms with Crippen molar-refractivity contribution in [3.05, 3.63) is 59.7 Å². The van der Waals surface area contributed by atoms with Crippen LogP contribution in [0.1, 0.15) is 17.2 Å². The van der Waals surface area contributed by atoms with Gasteiger partial charge >= 0.3 is 0 Å². The molecule has 2 aromatic carbocycles. The third-order valence-electron chi connectivity index (χ3n) is 4.12. The third kappa shape index (κ3) is 2.08. The van der Waals surface area contributed by atoms with E-state index < -0.39 is 0 Å². The van der Waals surface area contributed by atoms with Crippen LogP contribution in [0, 0.1) is 0 Å². The van der Waals surface area contributed by atoms with Crippen molar-refractivity contribution in [1.82, 2.24) is 9.78 Å². The second kappa shape index (κ2) is 4.90. The predicted molar refractivity (Wildman–Crippen MR) is 83.0 cm³/mol. The van der Waals surface area contributed by atoms with Gasteiger partial charge in [0.2, 0.25) is 0 Å². The van der Waals surface area contributed by atoms with Crippen LogP contribution in [0.3, 0.4) is 0 Å². The van der Waals surface area contributed by atoms with E-state index in [0.717, 1.165) is 23.9 Å². The minimum absolute atomic E-state index is 0.0395. The van der Waals surface area contributed by atoms with Crippen LogP contribution in [-0.4, -0.2) is 16.4 Å². The minimum Gasteiger partial charge on any atom is -0.382 e. The highest BCUT2D eigenvalue weighted by Crippen LogP contribution is 2.30. The zero-order chi connectivity index (χ0) is 14.2. The Bertz CT molecular complexity index is 794. The van der Waals surface area contributed by atoms with Gasteiger partial charge < -0.3 is 10.5 Å². The van der Waals surface area contributed by atoms with Gasteiger partial charge in [-0.3, -0.25) is 4.68 Å². The summed E-state index contributed by atoms with van der Waals surface area (Å²) >= 11 is 0. The van der Waals surface area contributed by atoms with E-state index in [4.69, 9.17) is 10.5 Å². The van der Waals surface area contributed by atoms with Crippen molar-refractivity contribution in [3.63, 3.8) is 0 Å². The molecule has 4 heteroatoms. The maximum Gasteiger partial charge on any atom is 0.153 e. The molecule has 0 bridgehead atoms. The van der Waals surface area contributed by atoms with Crippen LogP contribution >= 0.6 is 0 Å². The molecule has 0 radical (unpaired) electrons. The van der Waals surface area contributed by atoms with Crippen LogP contribution in [0.4, 0.5) is 5.82 Å². The fourth-order valence-electron chi connectivity index (χ4n) is 3.08.